The molecule has 2 aromatic rings. The lowest BCUT2D eigenvalue weighted by Gasteiger charge is -2.36. The summed E-state index contributed by atoms with van der Waals surface area (Å²) in [6.45, 7) is 3.24. The summed E-state index contributed by atoms with van der Waals surface area (Å²) in [5.74, 6) is 0.840. The van der Waals surface area contributed by atoms with Gasteiger partial charge in [-0.2, -0.15) is 0 Å². The molecular formula is C24H34N6O2. The van der Waals surface area contributed by atoms with Gasteiger partial charge >= 0.3 is 0 Å². The first-order valence-corrected chi connectivity index (χ1v) is 12.3. The van der Waals surface area contributed by atoms with Crippen LogP contribution in [0.15, 0.2) is 23.5 Å². The van der Waals surface area contributed by atoms with Crippen molar-refractivity contribution in [2.75, 3.05) is 13.1 Å². The van der Waals surface area contributed by atoms with Crippen LogP contribution in [0.3, 0.4) is 0 Å². The zero-order chi connectivity index (χ0) is 21.9. The number of likely N-dealkylation sites (tertiary alicyclic amines) is 1. The molecule has 8 nitrogen and oxygen atoms in total. The molecule has 1 aliphatic carbocycles. The van der Waals surface area contributed by atoms with Crippen LogP contribution in [0.5, 0.6) is 0 Å². The number of aromatic amines is 1. The molecular weight excluding hydrogens is 404 g/mol. The van der Waals surface area contributed by atoms with Gasteiger partial charge in [0.15, 0.2) is 0 Å². The van der Waals surface area contributed by atoms with Gasteiger partial charge in [-0.1, -0.05) is 12.8 Å². The van der Waals surface area contributed by atoms with E-state index in [-0.39, 0.29) is 17.5 Å². The van der Waals surface area contributed by atoms with Crippen LogP contribution < -0.4 is 5.56 Å². The van der Waals surface area contributed by atoms with Crippen molar-refractivity contribution in [2.45, 2.75) is 89.4 Å². The number of amides is 1. The third-order valence-electron chi connectivity index (χ3n) is 7.47. The number of piperidine rings is 1. The van der Waals surface area contributed by atoms with Crippen molar-refractivity contribution in [3.63, 3.8) is 0 Å². The average molecular weight is 439 g/mol. The minimum atomic E-state index is -0.121. The normalized spacial score (nSPS) is 22.2. The summed E-state index contributed by atoms with van der Waals surface area (Å²) in [4.78, 5) is 42.6. The van der Waals surface area contributed by atoms with Crippen LogP contribution in [0.25, 0.3) is 0 Å². The average Bonchev–Trinajstić information content (AvgIpc) is 3.53. The molecule has 1 N–H and O–H groups in total. The zero-order valence-electron chi connectivity index (χ0n) is 18.8. The van der Waals surface area contributed by atoms with E-state index in [9.17, 15) is 9.59 Å². The molecule has 1 saturated carbocycles. The Hall–Kier alpha value is -2.48. The van der Waals surface area contributed by atoms with E-state index in [1.807, 2.05) is 15.7 Å². The number of aryl methyl sites for hydroxylation is 1. The molecule has 0 unspecified atom stereocenters. The molecule has 1 atom stereocenters. The molecule has 8 heteroatoms. The molecule has 0 spiro atoms. The minimum Gasteiger partial charge on any atom is -0.337 e. The number of aromatic nitrogens is 4. The number of rotatable bonds is 6. The Bertz CT molecular complexity index is 979. The zero-order valence-corrected chi connectivity index (χ0v) is 18.8. The van der Waals surface area contributed by atoms with Gasteiger partial charge in [0.2, 0.25) is 5.91 Å². The molecule has 32 heavy (non-hydrogen) atoms. The number of carbonyl (C=O) groups is 1. The third kappa shape index (κ3) is 4.51. The molecule has 3 aliphatic rings. The van der Waals surface area contributed by atoms with Crippen molar-refractivity contribution in [2.24, 2.45) is 0 Å². The highest BCUT2D eigenvalue weighted by Gasteiger charge is 2.32. The molecule has 0 radical (unpaired) electrons. The van der Waals surface area contributed by atoms with Crippen LogP contribution in [0, 0.1) is 0 Å². The lowest BCUT2D eigenvalue weighted by molar-refractivity contribution is -0.135. The van der Waals surface area contributed by atoms with E-state index in [4.69, 9.17) is 4.98 Å². The number of imidazole rings is 1. The maximum atomic E-state index is 13.1. The number of H-pyrrole nitrogens is 1. The first-order valence-electron chi connectivity index (χ1n) is 12.3. The molecule has 2 aliphatic heterocycles. The second-order valence-corrected chi connectivity index (χ2v) is 9.54. The molecule has 1 saturated heterocycles. The van der Waals surface area contributed by atoms with Gasteiger partial charge in [-0.05, 0) is 44.9 Å². The van der Waals surface area contributed by atoms with Crippen LogP contribution in [0.4, 0.5) is 0 Å². The fraction of sp³-hybridized carbons (Fsp3) is 0.667. The van der Waals surface area contributed by atoms with Crippen LogP contribution in [-0.4, -0.2) is 54.4 Å². The van der Waals surface area contributed by atoms with Crippen LogP contribution in [0.2, 0.25) is 0 Å². The lowest BCUT2D eigenvalue weighted by atomic mass is 9.99. The summed E-state index contributed by atoms with van der Waals surface area (Å²) in [5, 5.41) is 0. The third-order valence-corrected chi connectivity index (χ3v) is 7.47. The number of carbonyl (C=O) groups excluding carboxylic acids is 1. The molecule has 0 aromatic carbocycles. The van der Waals surface area contributed by atoms with Crippen molar-refractivity contribution >= 4 is 5.91 Å². The van der Waals surface area contributed by atoms with Gasteiger partial charge < -0.3 is 14.5 Å². The highest BCUT2D eigenvalue weighted by atomic mass is 16.2. The smallest absolute Gasteiger partial charge is 0.254 e. The maximum Gasteiger partial charge on any atom is 0.254 e. The van der Waals surface area contributed by atoms with Crippen LogP contribution in [-0.2, 0) is 24.3 Å². The van der Waals surface area contributed by atoms with Crippen LogP contribution >= 0.6 is 0 Å². The summed E-state index contributed by atoms with van der Waals surface area (Å²) >= 11 is 0. The van der Waals surface area contributed by atoms with E-state index in [0.29, 0.717) is 18.3 Å². The topological polar surface area (TPSA) is 87.1 Å². The second-order valence-electron chi connectivity index (χ2n) is 9.54. The predicted molar refractivity (Wildman–Crippen MR) is 121 cm³/mol. The Morgan fingerprint density at radius 2 is 1.97 bits per heavy atom. The van der Waals surface area contributed by atoms with Gasteiger partial charge in [-0.3, -0.25) is 14.5 Å². The Kier molecular flexibility index (Phi) is 6.39. The lowest BCUT2D eigenvalue weighted by Crippen LogP contribution is -2.43. The van der Waals surface area contributed by atoms with Gasteiger partial charge in [0.05, 0.1) is 18.1 Å². The number of nitrogens with one attached hydrogen (secondary N) is 1. The van der Waals surface area contributed by atoms with E-state index >= 15 is 0 Å². The molecule has 5 rings (SSSR count). The fourth-order valence-electron chi connectivity index (χ4n) is 5.71. The van der Waals surface area contributed by atoms with Crippen molar-refractivity contribution in [3.05, 3.63) is 46.2 Å². The summed E-state index contributed by atoms with van der Waals surface area (Å²) < 4.78 is 2.00. The molecule has 1 amide bonds. The molecule has 0 bridgehead atoms. The number of nitrogens with zero attached hydrogens (tertiary/aromatic N) is 5. The van der Waals surface area contributed by atoms with Crippen molar-refractivity contribution < 1.29 is 4.79 Å². The van der Waals surface area contributed by atoms with Gasteiger partial charge in [0.1, 0.15) is 5.82 Å². The highest BCUT2D eigenvalue weighted by molar-refractivity contribution is 5.76. The number of fused-ring (bicyclic) bond motifs is 1. The second kappa shape index (κ2) is 9.57. The molecule has 2 aromatic heterocycles. The van der Waals surface area contributed by atoms with E-state index in [2.05, 4.69) is 14.9 Å². The summed E-state index contributed by atoms with van der Waals surface area (Å²) in [6.07, 6.45) is 15.6. The molecule has 172 valence electrons. The minimum absolute atomic E-state index is 0.00541. The Labute approximate surface area is 189 Å². The first-order chi connectivity index (χ1) is 15.7. The first kappa shape index (κ1) is 21.4. The molecule has 4 heterocycles. The van der Waals surface area contributed by atoms with Crippen LogP contribution in [0.1, 0.15) is 80.9 Å². The predicted octanol–water partition coefficient (Wildman–Crippen LogP) is 2.80. The van der Waals surface area contributed by atoms with E-state index in [1.165, 1.54) is 25.7 Å². The van der Waals surface area contributed by atoms with Gasteiger partial charge in [0.25, 0.3) is 5.56 Å². The summed E-state index contributed by atoms with van der Waals surface area (Å²) in [5.41, 5.74) is 1.77. The molecule has 2 fully saturated rings. The summed E-state index contributed by atoms with van der Waals surface area (Å²) in [6, 6.07) is 0.514. The Morgan fingerprint density at radius 1 is 1.12 bits per heavy atom. The quantitative estimate of drug-likeness (QED) is 0.749. The fourth-order valence-corrected chi connectivity index (χ4v) is 5.71. The van der Waals surface area contributed by atoms with Gasteiger partial charge in [0, 0.05) is 56.6 Å². The van der Waals surface area contributed by atoms with E-state index in [0.717, 1.165) is 69.5 Å². The monoisotopic (exact) mass is 438 g/mol. The number of hydrogen-bond donors (Lipinski definition) is 1. The maximum absolute atomic E-state index is 13.1. The Morgan fingerprint density at radius 3 is 2.78 bits per heavy atom. The highest BCUT2D eigenvalue weighted by Crippen LogP contribution is 2.31. The number of hydrogen-bond acceptors (Lipinski definition) is 5. The largest absolute Gasteiger partial charge is 0.337 e. The van der Waals surface area contributed by atoms with Crippen molar-refractivity contribution in [1.29, 1.82) is 0 Å². The Balaban J connectivity index is 1.30. The standard InChI is InChI=1S/C24H34N6O2/c31-22(9-5-12-28-15-11-25-17-28)30-13-4-3-8-21(30)23-26-20-16-29(18-6-1-2-7-18)14-10-19(20)24(32)27-23/h11,15,17-18,21H,1-10,12-14,16H2,(H,26,27,32)/t21-/m1/s1. The summed E-state index contributed by atoms with van der Waals surface area (Å²) in [7, 11) is 0. The van der Waals surface area contributed by atoms with Gasteiger partial charge in [-0.25, -0.2) is 9.97 Å². The van der Waals surface area contributed by atoms with E-state index in [1.54, 1.807) is 12.5 Å². The van der Waals surface area contributed by atoms with Crippen molar-refractivity contribution in [1.82, 2.24) is 29.3 Å². The van der Waals surface area contributed by atoms with E-state index < -0.39 is 0 Å². The SMILES string of the molecule is O=C(CCCn1ccnc1)N1CCCC[C@@H]1c1nc2c(c(=O)[nH]1)CCN(C1CCCC1)C2. The van der Waals surface area contributed by atoms with Crippen molar-refractivity contribution in [3.8, 4) is 0 Å². The van der Waals surface area contributed by atoms with Gasteiger partial charge in [-0.15, -0.1) is 0 Å².